The number of imide groups is 1. The molecule has 3 rings (SSSR count). The number of ether oxygens (including phenoxy) is 2. The number of amides is 3. The maximum Gasteiger partial charge on any atom is 0.506 e. The van der Waals surface area contributed by atoms with Gasteiger partial charge in [-0.15, -0.1) is 4.90 Å². The predicted molar refractivity (Wildman–Crippen MR) is 94.1 cm³/mol. The Hall–Kier alpha value is -2.44. The minimum absolute atomic E-state index is 0.397. The van der Waals surface area contributed by atoms with Gasteiger partial charge in [0.2, 0.25) is 0 Å². The van der Waals surface area contributed by atoms with E-state index in [0.29, 0.717) is 34.3 Å². The predicted octanol–water partition coefficient (Wildman–Crippen LogP) is 2.77. The van der Waals surface area contributed by atoms with Crippen molar-refractivity contribution in [1.82, 2.24) is 0 Å². The number of rotatable bonds is 4. The highest BCUT2D eigenvalue weighted by Gasteiger charge is 2.46. The van der Waals surface area contributed by atoms with Crippen LogP contribution in [-0.4, -0.2) is 49.1 Å². The second kappa shape index (κ2) is 6.82. The Morgan fingerprint density at radius 3 is 2.64 bits per heavy atom. The van der Waals surface area contributed by atoms with Gasteiger partial charge in [0.15, 0.2) is 0 Å². The molecule has 0 aromatic heterocycles. The lowest BCUT2D eigenvalue weighted by Crippen LogP contribution is -2.52. The van der Waals surface area contributed by atoms with Crippen molar-refractivity contribution in [2.24, 2.45) is 0 Å². The molecule has 25 heavy (non-hydrogen) atoms. The van der Waals surface area contributed by atoms with E-state index in [1.54, 1.807) is 36.4 Å². The number of allylic oxidation sites excluding steroid dienone is 1. The van der Waals surface area contributed by atoms with Crippen molar-refractivity contribution in [1.29, 1.82) is 0 Å². The van der Waals surface area contributed by atoms with E-state index in [2.05, 4.69) is 0 Å². The number of fused-ring (bicyclic) bond motifs is 1. The van der Waals surface area contributed by atoms with Crippen LogP contribution < -0.4 is 4.90 Å². The Balaban J connectivity index is 2.18. The van der Waals surface area contributed by atoms with E-state index >= 15 is 0 Å². The Kier molecular flexibility index (Phi) is 4.74. The van der Waals surface area contributed by atoms with Gasteiger partial charge in [-0.1, -0.05) is 17.7 Å². The number of urea groups is 1. The monoisotopic (exact) mass is 361 g/mol. The molecule has 0 saturated heterocycles. The van der Waals surface area contributed by atoms with E-state index in [9.17, 15) is 9.59 Å². The Morgan fingerprint density at radius 1 is 1.28 bits per heavy atom. The molecule has 0 bridgehead atoms. The van der Waals surface area contributed by atoms with E-state index < -0.39 is 18.0 Å². The van der Waals surface area contributed by atoms with Crippen LogP contribution in [0.3, 0.4) is 0 Å². The average Bonchev–Trinajstić information content (AvgIpc) is 2.61. The summed E-state index contributed by atoms with van der Waals surface area (Å²) in [6.07, 6.45) is 2.86. The molecule has 0 saturated carbocycles. The molecule has 2 aliphatic rings. The molecule has 6 nitrogen and oxygen atoms in total. The first-order chi connectivity index (χ1) is 12.0. The first-order valence-electron chi connectivity index (χ1n) is 7.80. The van der Waals surface area contributed by atoms with Crippen LogP contribution in [0.1, 0.15) is 6.92 Å². The second-order valence-corrected chi connectivity index (χ2v) is 5.96. The van der Waals surface area contributed by atoms with Crippen molar-refractivity contribution in [2.75, 3.05) is 25.7 Å². The molecule has 130 valence electrons. The Morgan fingerprint density at radius 2 is 2.04 bits per heavy atom. The fourth-order valence-corrected chi connectivity index (χ4v) is 3.14. The smallest absolute Gasteiger partial charge is 0.498 e. The lowest BCUT2D eigenvalue weighted by Gasteiger charge is -2.27. The van der Waals surface area contributed by atoms with Gasteiger partial charge >= 0.3 is 11.9 Å². The second-order valence-electron chi connectivity index (χ2n) is 5.52. The van der Waals surface area contributed by atoms with Gasteiger partial charge in [-0.25, -0.2) is 4.79 Å². The molecule has 1 aromatic rings. The maximum atomic E-state index is 13.0. The van der Waals surface area contributed by atoms with Crippen molar-refractivity contribution in [3.8, 4) is 0 Å². The van der Waals surface area contributed by atoms with Gasteiger partial charge in [-0.2, -0.15) is 9.37 Å². The quantitative estimate of drug-likeness (QED) is 0.774. The van der Waals surface area contributed by atoms with Gasteiger partial charge in [-0.05, 0) is 25.1 Å². The molecule has 1 atom stereocenters. The molecule has 1 unspecified atom stereocenters. The van der Waals surface area contributed by atoms with Crippen LogP contribution >= 0.6 is 11.6 Å². The van der Waals surface area contributed by atoms with Crippen molar-refractivity contribution < 1.29 is 23.6 Å². The van der Waals surface area contributed by atoms with Gasteiger partial charge in [-0.3, -0.25) is 0 Å². The molecule has 1 aliphatic heterocycles. The van der Waals surface area contributed by atoms with Gasteiger partial charge in [0.25, 0.3) is 0 Å². The minimum Gasteiger partial charge on any atom is -0.498 e. The molecule has 3 amide bonds. The number of benzene rings is 1. The summed E-state index contributed by atoms with van der Waals surface area (Å²) >= 11 is 6.02. The number of halogens is 1. The van der Waals surface area contributed by atoms with E-state index in [1.807, 2.05) is 6.92 Å². The lowest BCUT2D eigenvalue weighted by molar-refractivity contribution is -0.421. The van der Waals surface area contributed by atoms with Crippen LogP contribution in [0.15, 0.2) is 47.7 Å². The summed E-state index contributed by atoms with van der Waals surface area (Å²) in [5.41, 5.74) is 1.34. The van der Waals surface area contributed by atoms with Crippen LogP contribution in [0.5, 0.6) is 0 Å². The third kappa shape index (κ3) is 2.88. The zero-order valence-electron chi connectivity index (χ0n) is 14.2. The SMILES string of the molecule is CC[N+]1=C2C=C(OC)C(OC)C=C2C(=O)N(c2cccc(Cl)c2)C1=O. The molecule has 1 heterocycles. The largest absolute Gasteiger partial charge is 0.506 e. The topological polar surface area (TPSA) is 58.9 Å². The zero-order valence-corrected chi connectivity index (χ0v) is 14.9. The molecular formula is C18H18ClN2O4+. The number of hydrogen-bond acceptors (Lipinski definition) is 4. The third-order valence-corrected chi connectivity index (χ3v) is 4.41. The van der Waals surface area contributed by atoms with Gasteiger partial charge in [0.05, 0.1) is 13.7 Å². The van der Waals surface area contributed by atoms with Gasteiger partial charge in [0.1, 0.15) is 28.8 Å². The van der Waals surface area contributed by atoms with E-state index in [4.69, 9.17) is 21.1 Å². The minimum atomic E-state index is -0.485. The fourth-order valence-electron chi connectivity index (χ4n) is 2.96. The standard InChI is InChI=1S/C18H18ClN2O4/c1-4-20-14-10-16(25-3)15(24-2)9-13(14)17(22)21(18(20)23)12-7-5-6-11(19)8-12/h5-10,15H,4H2,1-3H3/q+1. The van der Waals surface area contributed by atoms with E-state index in [-0.39, 0.29) is 0 Å². The summed E-state index contributed by atoms with van der Waals surface area (Å²) in [5, 5.41) is 0.449. The van der Waals surface area contributed by atoms with Crippen LogP contribution in [0.4, 0.5) is 10.5 Å². The molecule has 0 spiro atoms. The number of methoxy groups -OCH3 is 2. The molecule has 1 aromatic carbocycles. The first kappa shape index (κ1) is 17.4. The van der Waals surface area contributed by atoms with Gasteiger partial charge in [0, 0.05) is 24.3 Å². The van der Waals surface area contributed by atoms with Crippen molar-refractivity contribution >= 4 is 34.9 Å². The first-order valence-corrected chi connectivity index (χ1v) is 8.18. The van der Waals surface area contributed by atoms with E-state index in [0.717, 1.165) is 4.90 Å². The number of nitrogens with zero attached hydrogens (tertiary/aromatic N) is 2. The van der Waals surface area contributed by atoms with Crippen LogP contribution in [0.25, 0.3) is 0 Å². The molecule has 7 heteroatoms. The summed E-state index contributed by atoms with van der Waals surface area (Å²) < 4.78 is 12.2. The number of carbonyl (C=O) groups excluding carboxylic acids is 2. The zero-order chi connectivity index (χ0) is 18.1. The molecule has 0 radical (unpaired) electrons. The van der Waals surface area contributed by atoms with Gasteiger partial charge < -0.3 is 9.47 Å². The highest BCUT2D eigenvalue weighted by molar-refractivity contribution is 6.37. The average molecular weight is 362 g/mol. The third-order valence-electron chi connectivity index (χ3n) is 4.17. The molecular weight excluding hydrogens is 344 g/mol. The van der Waals surface area contributed by atoms with Crippen molar-refractivity contribution in [3.05, 3.63) is 52.8 Å². The lowest BCUT2D eigenvalue weighted by atomic mass is 9.96. The number of anilines is 1. The summed E-state index contributed by atoms with van der Waals surface area (Å²) in [5.74, 6) is 0.122. The molecule has 0 fully saturated rings. The van der Waals surface area contributed by atoms with Crippen LogP contribution in [0, 0.1) is 0 Å². The Labute approximate surface area is 150 Å². The summed E-state index contributed by atoms with van der Waals surface area (Å²) in [6, 6.07) is 6.22. The number of hydrogen-bond donors (Lipinski definition) is 0. The normalized spacial score (nSPS) is 20.3. The summed E-state index contributed by atoms with van der Waals surface area (Å²) in [4.78, 5) is 27.1. The summed E-state index contributed by atoms with van der Waals surface area (Å²) in [6.45, 7) is 2.25. The molecule has 0 N–H and O–H groups in total. The highest BCUT2D eigenvalue weighted by Crippen LogP contribution is 2.28. The van der Waals surface area contributed by atoms with E-state index in [1.165, 1.54) is 18.8 Å². The number of carbonyl (C=O) groups is 2. The van der Waals surface area contributed by atoms with Crippen LogP contribution in [0.2, 0.25) is 5.02 Å². The Bertz CT molecular complexity index is 841. The maximum absolute atomic E-state index is 13.0. The summed E-state index contributed by atoms with van der Waals surface area (Å²) in [7, 11) is 3.06. The van der Waals surface area contributed by atoms with Crippen molar-refractivity contribution in [3.63, 3.8) is 0 Å². The molecule has 1 aliphatic carbocycles. The van der Waals surface area contributed by atoms with Crippen LogP contribution in [-0.2, 0) is 14.3 Å². The fraction of sp³-hybridized carbons (Fsp3) is 0.278. The van der Waals surface area contributed by atoms with Crippen molar-refractivity contribution in [2.45, 2.75) is 13.0 Å². The highest BCUT2D eigenvalue weighted by atomic mass is 35.5.